The van der Waals surface area contributed by atoms with E-state index >= 15 is 0 Å². The monoisotopic (exact) mass is 215 g/mol. The molecule has 0 aliphatic rings. The van der Waals surface area contributed by atoms with Gasteiger partial charge in [0.2, 0.25) is 0 Å². The highest BCUT2D eigenvalue weighted by Gasteiger charge is 2.00. The second kappa shape index (κ2) is 5.93. The summed E-state index contributed by atoms with van der Waals surface area (Å²) in [5, 5.41) is 12.7. The Morgan fingerprint density at radius 1 is 1.43 bits per heavy atom. The van der Waals surface area contributed by atoms with E-state index in [9.17, 15) is 0 Å². The molecular formula is C9H17N3OS. The number of hydrogen-bond donors (Lipinski definition) is 1. The molecule has 1 aromatic rings. The SMILES string of the molecule is Cc1nnc(OCCCNC(C)C)s1. The summed E-state index contributed by atoms with van der Waals surface area (Å²) in [5.74, 6) is 0. The number of aryl methyl sites for hydroxylation is 1. The zero-order chi connectivity index (χ0) is 10.4. The maximum Gasteiger partial charge on any atom is 0.294 e. The first-order chi connectivity index (χ1) is 6.68. The van der Waals surface area contributed by atoms with Crippen LogP contribution in [-0.2, 0) is 0 Å². The Bertz CT molecular complexity index is 262. The normalized spacial score (nSPS) is 10.9. The molecule has 0 atom stereocenters. The summed E-state index contributed by atoms with van der Waals surface area (Å²) in [6.07, 6.45) is 0.997. The van der Waals surface area contributed by atoms with Crippen LogP contribution in [0.4, 0.5) is 0 Å². The molecule has 1 heterocycles. The van der Waals surface area contributed by atoms with E-state index in [0.717, 1.165) is 18.0 Å². The quantitative estimate of drug-likeness (QED) is 0.732. The van der Waals surface area contributed by atoms with E-state index in [1.54, 1.807) is 0 Å². The van der Waals surface area contributed by atoms with Crippen molar-refractivity contribution >= 4 is 11.3 Å². The zero-order valence-corrected chi connectivity index (χ0v) is 9.73. The third kappa shape index (κ3) is 4.53. The standard InChI is InChI=1S/C9H17N3OS/c1-7(2)10-5-4-6-13-9-12-11-8(3)14-9/h7,10H,4-6H2,1-3H3. The Morgan fingerprint density at radius 2 is 2.21 bits per heavy atom. The van der Waals surface area contributed by atoms with E-state index in [-0.39, 0.29) is 0 Å². The molecule has 4 nitrogen and oxygen atoms in total. The highest BCUT2D eigenvalue weighted by molar-refractivity contribution is 7.12. The molecular weight excluding hydrogens is 198 g/mol. The summed E-state index contributed by atoms with van der Waals surface area (Å²) in [5.41, 5.74) is 0. The van der Waals surface area contributed by atoms with Gasteiger partial charge in [0, 0.05) is 6.04 Å². The zero-order valence-electron chi connectivity index (χ0n) is 8.91. The van der Waals surface area contributed by atoms with Gasteiger partial charge in [0.05, 0.1) is 6.61 Å². The maximum absolute atomic E-state index is 5.41. The van der Waals surface area contributed by atoms with E-state index in [2.05, 4.69) is 29.4 Å². The van der Waals surface area contributed by atoms with Gasteiger partial charge in [-0.2, -0.15) is 0 Å². The predicted octanol–water partition coefficient (Wildman–Crippen LogP) is 1.61. The molecule has 1 N–H and O–H groups in total. The van der Waals surface area contributed by atoms with E-state index in [4.69, 9.17) is 4.74 Å². The van der Waals surface area contributed by atoms with Crippen molar-refractivity contribution in [3.05, 3.63) is 5.01 Å². The highest BCUT2D eigenvalue weighted by atomic mass is 32.1. The minimum atomic E-state index is 0.541. The fraction of sp³-hybridized carbons (Fsp3) is 0.778. The van der Waals surface area contributed by atoms with Crippen LogP contribution < -0.4 is 10.1 Å². The Kier molecular flexibility index (Phi) is 4.82. The molecule has 1 aromatic heterocycles. The Balaban J connectivity index is 2.04. The lowest BCUT2D eigenvalue weighted by atomic mass is 10.3. The molecule has 0 fully saturated rings. The van der Waals surface area contributed by atoms with Crippen LogP contribution in [0.25, 0.3) is 0 Å². The van der Waals surface area contributed by atoms with Crippen LogP contribution in [0, 0.1) is 6.92 Å². The van der Waals surface area contributed by atoms with Crippen LogP contribution in [-0.4, -0.2) is 29.4 Å². The molecule has 1 rings (SSSR count). The van der Waals surface area contributed by atoms with Crippen LogP contribution in [0.1, 0.15) is 25.3 Å². The fourth-order valence-corrected chi connectivity index (χ4v) is 1.52. The number of rotatable bonds is 6. The predicted molar refractivity (Wildman–Crippen MR) is 57.9 cm³/mol. The van der Waals surface area contributed by atoms with Gasteiger partial charge in [0.15, 0.2) is 0 Å². The Morgan fingerprint density at radius 3 is 2.79 bits per heavy atom. The van der Waals surface area contributed by atoms with E-state index < -0.39 is 0 Å². The molecule has 0 amide bonds. The van der Waals surface area contributed by atoms with Gasteiger partial charge in [-0.05, 0) is 19.9 Å². The summed E-state index contributed by atoms with van der Waals surface area (Å²) in [6, 6.07) is 0.541. The average molecular weight is 215 g/mol. The Hall–Kier alpha value is -0.680. The molecule has 0 bridgehead atoms. The minimum Gasteiger partial charge on any atom is -0.469 e. The number of nitrogens with one attached hydrogen (secondary N) is 1. The lowest BCUT2D eigenvalue weighted by molar-refractivity contribution is 0.302. The van der Waals surface area contributed by atoms with Crippen LogP contribution in [0.15, 0.2) is 0 Å². The summed E-state index contributed by atoms with van der Waals surface area (Å²) in [6.45, 7) is 7.87. The van der Waals surface area contributed by atoms with Crippen LogP contribution >= 0.6 is 11.3 Å². The summed E-state index contributed by atoms with van der Waals surface area (Å²) < 4.78 is 5.41. The first-order valence-corrected chi connectivity index (χ1v) is 5.66. The molecule has 0 radical (unpaired) electrons. The topological polar surface area (TPSA) is 47.0 Å². The van der Waals surface area contributed by atoms with Crippen molar-refractivity contribution in [1.29, 1.82) is 0 Å². The number of ether oxygens (including phenoxy) is 1. The van der Waals surface area contributed by atoms with Crippen molar-refractivity contribution in [3.63, 3.8) is 0 Å². The minimum absolute atomic E-state index is 0.541. The average Bonchev–Trinajstić information content (AvgIpc) is 2.50. The van der Waals surface area contributed by atoms with Crippen LogP contribution in [0.2, 0.25) is 0 Å². The third-order valence-electron chi connectivity index (χ3n) is 1.61. The molecule has 0 aliphatic heterocycles. The van der Waals surface area contributed by atoms with Gasteiger partial charge in [-0.3, -0.25) is 0 Å². The van der Waals surface area contributed by atoms with Crippen molar-refractivity contribution in [2.75, 3.05) is 13.2 Å². The first kappa shape index (κ1) is 11.4. The summed E-state index contributed by atoms with van der Waals surface area (Å²) >= 11 is 1.49. The van der Waals surface area contributed by atoms with Crippen molar-refractivity contribution < 1.29 is 4.74 Å². The number of nitrogens with zero attached hydrogens (tertiary/aromatic N) is 2. The van der Waals surface area contributed by atoms with Crippen molar-refractivity contribution in [2.45, 2.75) is 33.2 Å². The van der Waals surface area contributed by atoms with E-state index in [1.807, 2.05) is 6.92 Å². The smallest absolute Gasteiger partial charge is 0.294 e. The number of aromatic nitrogens is 2. The van der Waals surface area contributed by atoms with Gasteiger partial charge < -0.3 is 10.1 Å². The Labute approximate surface area is 88.7 Å². The van der Waals surface area contributed by atoms with Gasteiger partial charge in [0.1, 0.15) is 5.01 Å². The molecule has 5 heteroatoms. The maximum atomic E-state index is 5.41. The van der Waals surface area contributed by atoms with Crippen LogP contribution in [0.5, 0.6) is 5.19 Å². The molecule has 0 saturated heterocycles. The first-order valence-electron chi connectivity index (χ1n) is 4.85. The van der Waals surface area contributed by atoms with Gasteiger partial charge in [-0.15, -0.1) is 10.2 Å². The lowest BCUT2D eigenvalue weighted by Crippen LogP contribution is -2.24. The highest BCUT2D eigenvalue weighted by Crippen LogP contribution is 2.16. The van der Waals surface area contributed by atoms with Gasteiger partial charge >= 0.3 is 0 Å². The van der Waals surface area contributed by atoms with Crippen molar-refractivity contribution in [1.82, 2.24) is 15.5 Å². The molecule has 0 unspecified atom stereocenters. The molecule has 0 spiro atoms. The van der Waals surface area contributed by atoms with Gasteiger partial charge in [0.25, 0.3) is 5.19 Å². The summed E-state index contributed by atoms with van der Waals surface area (Å²) in [7, 11) is 0. The van der Waals surface area contributed by atoms with E-state index in [0.29, 0.717) is 17.8 Å². The summed E-state index contributed by atoms with van der Waals surface area (Å²) in [4.78, 5) is 0. The molecule has 14 heavy (non-hydrogen) atoms. The van der Waals surface area contributed by atoms with Crippen molar-refractivity contribution in [2.24, 2.45) is 0 Å². The molecule has 0 saturated carbocycles. The number of hydrogen-bond acceptors (Lipinski definition) is 5. The molecule has 80 valence electrons. The fourth-order valence-electron chi connectivity index (χ4n) is 0.959. The molecule has 0 aromatic carbocycles. The lowest BCUT2D eigenvalue weighted by Gasteiger charge is -2.07. The van der Waals surface area contributed by atoms with Crippen LogP contribution in [0.3, 0.4) is 0 Å². The van der Waals surface area contributed by atoms with Gasteiger partial charge in [-0.1, -0.05) is 25.2 Å². The van der Waals surface area contributed by atoms with E-state index in [1.165, 1.54) is 11.3 Å². The van der Waals surface area contributed by atoms with Crippen molar-refractivity contribution in [3.8, 4) is 5.19 Å². The van der Waals surface area contributed by atoms with Gasteiger partial charge in [-0.25, -0.2) is 0 Å². The largest absolute Gasteiger partial charge is 0.469 e. The second-order valence-corrected chi connectivity index (χ2v) is 4.54. The molecule has 0 aliphatic carbocycles. The second-order valence-electron chi connectivity index (χ2n) is 3.40. The third-order valence-corrected chi connectivity index (χ3v) is 2.36.